The van der Waals surface area contributed by atoms with Crippen molar-refractivity contribution in [1.82, 2.24) is 4.90 Å². The monoisotopic (exact) mass is 372 g/mol. The molecule has 2 aromatic carbocycles. The van der Waals surface area contributed by atoms with E-state index in [9.17, 15) is 4.79 Å². The van der Waals surface area contributed by atoms with Gasteiger partial charge in [-0.1, -0.05) is 55.0 Å². The number of amides is 1. The van der Waals surface area contributed by atoms with Crippen molar-refractivity contribution in [3.63, 3.8) is 0 Å². The highest BCUT2D eigenvalue weighted by Gasteiger charge is 2.32. The molecule has 3 rings (SSSR count). The van der Waals surface area contributed by atoms with Crippen molar-refractivity contribution >= 4 is 24.0 Å². The van der Waals surface area contributed by atoms with Crippen LogP contribution in [-0.4, -0.2) is 17.4 Å². The molecule has 1 aliphatic rings. The van der Waals surface area contributed by atoms with Crippen LogP contribution in [0.25, 0.3) is 0 Å². The first-order valence-electron chi connectivity index (χ1n) is 9.25. The second kappa shape index (κ2) is 9.09. The minimum atomic E-state index is 0. The van der Waals surface area contributed by atoms with Gasteiger partial charge in [-0.3, -0.25) is 4.79 Å². The minimum Gasteiger partial charge on any atom is -0.399 e. The molecule has 2 unspecified atom stereocenters. The number of halogens is 1. The highest BCUT2D eigenvalue weighted by Crippen LogP contribution is 2.36. The van der Waals surface area contributed by atoms with E-state index in [1.165, 1.54) is 17.5 Å². The van der Waals surface area contributed by atoms with Crippen LogP contribution >= 0.6 is 12.4 Å². The third kappa shape index (κ3) is 4.59. The van der Waals surface area contributed by atoms with Crippen LogP contribution in [0.5, 0.6) is 0 Å². The molecule has 1 aliphatic heterocycles. The number of nitrogens with two attached hydrogens (primary N) is 1. The summed E-state index contributed by atoms with van der Waals surface area (Å²) in [6, 6.07) is 16.7. The van der Waals surface area contributed by atoms with E-state index in [0.29, 0.717) is 18.8 Å². The Morgan fingerprint density at radius 3 is 2.54 bits per heavy atom. The van der Waals surface area contributed by atoms with Gasteiger partial charge in [-0.15, -0.1) is 12.4 Å². The number of likely N-dealkylation sites (tertiary alicyclic amines) is 1. The van der Waals surface area contributed by atoms with E-state index in [0.717, 1.165) is 24.2 Å². The van der Waals surface area contributed by atoms with E-state index in [-0.39, 0.29) is 24.4 Å². The zero-order chi connectivity index (χ0) is 17.8. The van der Waals surface area contributed by atoms with Crippen molar-refractivity contribution in [3.05, 3.63) is 65.2 Å². The van der Waals surface area contributed by atoms with Crippen molar-refractivity contribution in [1.29, 1.82) is 0 Å². The second-order valence-electron chi connectivity index (χ2n) is 7.26. The first-order valence-corrected chi connectivity index (χ1v) is 9.25. The molecule has 1 amide bonds. The fourth-order valence-electron chi connectivity index (χ4n) is 3.89. The van der Waals surface area contributed by atoms with Gasteiger partial charge in [0.2, 0.25) is 5.91 Å². The Labute approximate surface area is 163 Å². The average Bonchev–Trinajstić information content (AvgIpc) is 2.61. The van der Waals surface area contributed by atoms with Crippen molar-refractivity contribution in [2.45, 2.75) is 45.6 Å². The molecule has 1 heterocycles. The molecule has 2 aromatic rings. The Morgan fingerprint density at radius 1 is 1.15 bits per heavy atom. The van der Waals surface area contributed by atoms with Crippen LogP contribution in [0.2, 0.25) is 0 Å². The molecule has 0 saturated carbocycles. The standard InChI is InChI=1S/C22H28N2O.ClH/c1-16-9-11-19(12-10-16)22-17(2)6-5-15-24(22)21(25)14-13-18-7-3-4-8-20(18)23;/h3-4,7-12,17,22H,5-6,13-15,23H2,1-2H3;1H. The molecule has 1 fully saturated rings. The van der Waals surface area contributed by atoms with Gasteiger partial charge in [0.25, 0.3) is 0 Å². The number of hydrogen-bond acceptors (Lipinski definition) is 2. The van der Waals surface area contributed by atoms with E-state index in [1.807, 2.05) is 24.3 Å². The summed E-state index contributed by atoms with van der Waals surface area (Å²) in [6.07, 6.45) is 3.48. The molecule has 1 saturated heterocycles. The predicted molar refractivity (Wildman–Crippen MR) is 110 cm³/mol. The van der Waals surface area contributed by atoms with Crippen molar-refractivity contribution in [3.8, 4) is 0 Å². The SMILES string of the molecule is Cc1ccc(C2C(C)CCCN2C(=O)CCc2ccccc2N)cc1.Cl. The van der Waals surface area contributed by atoms with Crippen LogP contribution in [0.1, 0.15) is 48.9 Å². The van der Waals surface area contributed by atoms with Crippen LogP contribution in [-0.2, 0) is 11.2 Å². The van der Waals surface area contributed by atoms with Gasteiger partial charge >= 0.3 is 0 Å². The van der Waals surface area contributed by atoms with Crippen molar-refractivity contribution in [2.24, 2.45) is 5.92 Å². The van der Waals surface area contributed by atoms with Crippen molar-refractivity contribution < 1.29 is 4.79 Å². The Balaban J connectivity index is 0.00000243. The highest BCUT2D eigenvalue weighted by atomic mass is 35.5. The molecule has 2 N–H and O–H groups in total. The van der Waals surface area contributed by atoms with E-state index in [1.54, 1.807) is 0 Å². The fourth-order valence-corrected chi connectivity index (χ4v) is 3.89. The summed E-state index contributed by atoms with van der Waals surface area (Å²) in [5.74, 6) is 0.725. The molecule has 0 aliphatic carbocycles. The normalized spacial score (nSPS) is 19.7. The lowest BCUT2D eigenvalue weighted by Gasteiger charge is -2.40. The molecule has 0 bridgehead atoms. The predicted octanol–water partition coefficient (Wildman–Crippen LogP) is 4.93. The zero-order valence-corrected chi connectivity index (χ0v) is 16.5. The number of nitrogen functional groups attached to an aromatic ring is 1. The molecule has 0 radical (unpaired) electrons. The zero-order valence-electron chi connectivity index (χ0n) is 15.7. The maximum Gasteiger partial charge on any atom is 0.223 e. The quantitative estimate of drug-likeness (QED) is 0.773. The van der Waals surface area contributed by atoms with Crippen LogP contribution in [0.4, 0.5) is 5.69 Å². The van der Waals surface area contributed by atoms with Gasteiger partial charge in [-0.25, -0.2) is 0 Å². The van der Waals surface area contributed by atoms with E-state index in [4.69, 9.17) is 5.73 Å². The topological polar surface area (TPSA) is 46.3 Å². The number of hydrogen-bond donors (Lipinski definition) is 1. The number of nitrogens with zero attached hydrogens (tertiary/aromatic N) is 1. The average molecular weight is 373 g/mol. The van der Waals surface area contributed by atoms with Crippen molar-refractivity contribution in [2.75, 3.05) is 12.3 Å². The summed E-state index contributed by atoms with van der Waals surface area (Å²) in [5, 5.41) is 0. The van der Waals surface area contributed by atoms with Gasteiger partial charge in [0, 0.05) is 18.7 Å². The van der Waals surface area contributed by atoms with E-state index < -0.39 is 0 Å². The fraction of sp³-hybridized carbons (Fsp3) is 0.409. The summed E-state index contributed by atoms with van der Waals surface area (Å²) in [4.78, 5) is 15.1. The van der Waals surface area contributed by atoms with E-state index >= 15 is 0 Å². The lowest BCUT2D eigenvalue weighted by Crippen LogP contribution is -2.42. The van der Waals surface area contributed by atoms with Crippen LogP contribution in [0.3, 0.4) is 0 Å². The lowest BCUT2D eigenvalue weighted by atomic mass is 9.85. The summed E-state index contributed by atoms with van der Waals surface area (Å²) in [5.41, 5.74) is 10.4. The number of rotatable bonds is 4. The molecular formula is C22H29ClN2O. The summed E-state index contributed by atoms with van der Waals surface area (Å²) >= 11 is 0. The Kier molecular flexibility index (Phi) is 7.10. The maximum atomic E-state index is 13.0. The third-order valence-electron chi connectivity index (χ3n) is 5.34. The number of aryl methyl sites for hydroxylation is 2. The Morgan fingerprint density at radius 2 is 1.85 bits per heavy atom. The number of carbonyl (C=O) groups excluding carboxylic acids is 1. The van der Waals surface area contributed by atoms with Gasteiger partial charge in [0.15, 0.2) is 0 Å². The van der Waals surface area contributed by atoms with Gasteiger partial charge in [0.05, 0.1) is 6.04 Å². The molecule has 4 heteroatoms. The molecule has 3 nitrogen and oxygen atoms in total. The van der Waals surface area contributed by atoms with Gasteiger partial charge in [0.1, 0.15) is 0 Å². The molecule has 140 valence electrons. The van der Waals surface area contributed by atoms with Gasteiger partial charge in [-0.05, 0) is 49.3 Å². The Hall–Kier alpha value is -2.00. The third-order valence-corrected chi connectivity index (χ3v) is 5.34. The minimum absolute atomic E-state index is 0. The maximum absolute atomic E-state index is 13.0. The second-order valence-corrected chi connectivity index (χ2v) is 7.26. The van der Waals surface area contributed by atoms with Crippen LogP contribution in [0, 0.1) is 12.8 Å². The number of para-hydroxylation sites is 1. The molecule has 0 spiro atoms. The lowest BCUT2D eigenvalue weighted by molar-refractivity contribution is -0.136. The summed E-state index contributed by atoms with van der Waals surface area (Å²) in [6.45, 7) is 5.21. The molecule has 26 heavy (non-hydrogen) atoms. The van der Waals surface area contributed by atoms with E-state index in [2.05, 4.69) is 43.0 Å². The van der Waals surface area contributed by atoms with Crippen LogP contribution < -0.4 is 5.73 Å². The molecular weight excluding hydrogens is 344 g/mol. The number of benzene rings is 2. The van der Waals surface area contributed by atoms with Crippen LogP contribution in [0.15, 0.2) is 48.5 Å². The van der Waals surface area contributed by atoms with Gasteiger partial charge in [-0.2, -0.15) is 0 Å². The number of carbonyl (C=O) groups is 1. The first-order chi connectivity index (χ1) is 12.1. The van der Waals surface area contributed by atoms with Gasteiger partial charge < -0.3 is 10.6 Å². The largest absolute Gasteiger partial charge is 0.399 e. The highest BCUT2D eigenvalue weighted by molar-refractivity contribution is 5.85. The smallest absolute Gasteiger partial charge is 0.223 e. The Bertz CT molecular complexity index is 729. The summed E-state index contributed by atoms with van der Waals surface area (Å²) < 4.78 is 0. The molecule has 0 aromatic heterocycles. The number of anilines is 1. The summed E-state index contributed by atoms with van der Waals surface area (Å²) in [7, 11) is 0. The first kappa shape index (κ1) is 20.3. The molecule has 2 atom stereocenters. The number of piperidine rings is 1.